The second-order valence-corrected chi connectivity index (χ2v) is 5.88. The summed E-state index contributed by atoms with van der Waals surface area (Å²) < 4.78 is 0. The minimum atomic E-state index is 0.344. The second-order valence-electron chi connectivity index (χ2n) is 5.88. The second kappa shape index (κ2) is 9.05. The van der Waals surface area contributed by atoms with Gasteiger partial charge in [0.25, 0.3) is 0 Å². The topological polar surface area (TPSA) is 42.1 Å². The highest BCUT2D eigenvalue weighted by molar-refractivity contribution is 5.09. The number of likely N-dealkylation sites (N-methyl/N-ethyl adjacent to an activating group) is 1. The first-order chi connectivity index (χ1) is 9.08. The molecule has 0 radical (unpaired) electrons. The molecule has 1 aromatic heterocycles. The zero-order valence-electron chi connectivity index (χ0n) is 12.7. The van der Waals surface area contributed by atoms with Gasteiger partial charge in [0, 0.05) is 31.5 Å². The van der Waals surface area contributed by atoms with Gasteiger partial charge in [0.15, 0.2) is 0 Å². The molecule has 0 aromatic carbocycles. The molecule has 0 aliphatic heterocycles. The van der Waals surface area contributed by atoms with Crippen LogP contribution >= 0.6 is 0 Å². The van der Waals surface area contributed by atoms with Crippen LogP contribution in [0.3, 0.4) is 0 Å². The van der Waals surface area contributed by atoms with E-state index in [2.05, 4.69) is 42.9 Å². The third-order valence-electron chi connectivity index (χ3n) is 3.51. The minimum Gasteiger partial charge on any atom is -0.328 e. The SMILES string of the molecule is CC(N)CCCC(C)CN(C)CCc1ccncc1. The van der Waals surface area contributed by atoms with Crippen LogP contribution in [0.4, 0.5) is 0 Å². The molecule has 0 saturated heterocycles. The number of aromatic nitrogens is 1. The average Bonchev–Trinajstić information content (AvgIpc) is 2.37. The molecule has 2 unspecified atom stereocenters. The molecule has 1 aromatic rings. The van der Waals surface area contributed by atoms with E-state index in [-0.39, 0.29) is 0 Å². The number of nitrogens with zero attached hydrogens (tertiary/aromatic N) is 2. The summed E-state index contributed by atoms with van der Waals surface area (Å²) in [6.45, 7) is 6.71. The van der Waals surface area contributed by atoms with Gasteiger partial charge in [-0.2, -0.15) is 0 Å². The molecular weight excluding hydrogens is 234 g/mol. The van der Waals surface area contributed by atoms with Gasteiger partial charge < -0.3 is 10.6 Å². The number of pyridine rings is 1. The van der Waals surface area contributed by atoms with Gasteiger partial charge in [0.05, 0.1) is 0 Å². The predicted octanol–water partition coefficient (Wildman–Crippen LogP) is 2.71. The molecule has 0 bridgehead atoms. The Bertz CT molecular complexity index is 324. The van der Waals surface area contributed by atoms with Crippen LogP contribution in [0.2, 0.25) is 0 Å². The van der Waals surface area contributed by atoms with E-state index in [1.165, 1.54) is 24.9 Å². The van der Waals surface area contributed by atoms with Crippen molar-refractivity contribution >= 4 is 0 Å². The molecule has 2 N–H and O–H groups in total. The van der Waals surface area contributed by atoms with E-state index in [0.29, 0.717) is 6.04 Å². The van der Waals surface area contributed by atoms with E-state index in [1.54, 1.807) is 0 Å². The van der Waals surface area contributed by atoms with Crippen molar-refractivity contribution in [3.63, 3.8) is 0 Å². The van der Waals surface area contributed by atoms with Gasteiger partial charge in [0.1, 0.15) is 0 Å². The molecule has 3 heteroatoms. The van der Waals surface area contributed by atoms with Crippen LogP contribution < -0.4 is 5.73 Å². The fourth-order valence-corrected chi connectivity index (χ4v) is 2.37. The zero-order chi connectivity index (χ0) is 14.1. The maximum Gasteiger partial charge on any atom is 0.0270 e. The fraction of sp³-hybridized carbons (Fsp3) is 0.688. The lowest BCUT2D eigenvalue weighted by atomic mass is 10.0. The van der Waals surface area contributed by atoms with Crippen molar-refractivity contribution in [2.75, 3.05) is 20.1 Å². The Balaban J connectivity index is 2.14. The van der Waals surface area contributed by atoms with Crippen molar-refractivity contribution < 1.29 is 0 Å². The molecule has 108 valence electrons. The number of hydrogen-bond acceptors (Lipinski definition) is 3. The largest absolute Gasteiger partial charge is 0.328 e. The molecule has 0 aliphatic carbocycles. The van der Waals surface area contributed by atoms with Crippen LogP contribution in [-0.2, 0) is 6.42 Å². The molecule has 0 spiro atoms. The van der Waals surface area contributed by atoms with Gasteiger partial charge in [-0.05, 0) is 56.8 Å². The van der Waals surface area contributed by atoms with E-state index in [1.807, 2.05) is 12.4 Å². The Morgan fingerprint density at radius 3 is 2.53 bits per heavy atom. The first-order valence-corrected chi connectivity index (χ1v) is 7.41. The third kappa shape index (κ3) is 7.96. The molecule has 0 amide bonds. The predicted molar refractivity (Wildman–Crippen MR) is 82.1 cm³/mol. The smallest absolute Gasteiger partial charge is 0.0270 e. The Hall–Kier alpha value is -0.930. The summed E-state index contributed by atoms with van der Waals surface area (Å²) in [4.78, 5) is 6.47. The van der Waals surface area contributed by atoms with Crippen LogP contribution in [0, 0.1) is 5.92 Å². The lowest BCUT2D eigenvalue weighted by Gasteiger charge is -2.21. The summed E-state index contributed by atoms with van der Waals surface area (Å²) in [6.07, 6.45) is 8.51. The standard InChI is InChI=1S/C16H29N3/c1-14(5-4-6-15(2)17)13-19(3)12-9-16-7-10-18-11-8-16/h7-8,10-11,14-15H,4-6,9,12-13,17H2,1-3H3. The molecular formula is C16H29N3. The Morgan fingerprint density at radius 1 is 1.21 bits per heavy atom. The Kier molecular flexibility index (Phi) is 7.68. The molecule has 0 aliphatic rings. The molecule has 19 heavy (non-hydrogen) atoms. The van der Waals surface area contributed by atoms with Gasteiger partial charge in [-0.1, -0.05) is 13.3 Å². The molecule has 2 atom stereocenters. The summed E-state index contributed by atoms with van der Waals surface area (Å²) in [6, 6.07) is 4.54. The molecule has 1 heterocycles. The Morgan fingerprint density at radius 2 is 1.89 bits per heavy atom. The molecule has 1 rings (SSSR count). The third-order valence-corrected chi connectivity index (χ3v) is 3.51. The van der Waals surface area contributed by atoms with E-state index in [9.17, 15) is 0 Å². The summed E-state index contributed by atoms with van der Waals surface area (Å²) in [7, 11) is 2.21. The molecule has 0 saturated carbocycles. The summed E-state index contributed by atoms with van der Waals surface area (Å²) in [5.41, 5.74) is 7.14. The zero-order valence-corrected chi connectivity index (χ0v) is 12.7. The maximum atomic E-state index is 5.78. The average molecular weight is 263 g/mol. The van der Waals surface area contributed by atoms with E-state index in [0.717, 1.165) is 25.3 Å². The van der Waals surface area contributed by atoms with E-state index < -0.39 is 0 Å². The van der Waals surface area contributed by atoms with Crippen molar-refractivity contribution in [3.05, 3.63) is 30.1 Å². The van der Waals surface area contributed by atoms with Gasteiger partial charge in [-0.15, -0.1) is 0 Å². The minimum absolute atomic E-state index is 0.344. The van der Waals surface area contributed by atoms with Crippen molar-refractivity contribution in [2.24, 2.45) is 11.7 Å². The van der Waals surface area contributed by atoms with Crippen molar-refractivity contribution in [2.45, 2.75) is 45.6 Å². The Labute approximate surface area is 118 Å². The monoisotopic (exact) mass is 263 g/mol. The number of rotatable bonds is 9. The lowest BCUT2D eigenvalue weighted by molar-refractivity contribution is 0.277. The van der Waals surface area contributed by atoms with E-state index >= 15 is 0 Å². The van der Waals surface area contributed by atoms with Gasteiger partial charge in [-0.3, -0.25) is 4.98 Å². The highest BCUT2D eigenvalue weighted by Gasteiger charge is 2.07. The van der Waals surface area contributed by atoms with Crippen LogP contribution in [0.1, 0.15) is 38.7 Å². The van der Waals surface area contributed by atoms with Crippen molar-refractivity contribution in [3.8, 4) is 0 Å². The quantitative estimate of drug-likeness (QED) is 0.745. The van der Waals surface area contributed by atoms with Crippen LogP contribution in [0.15, 0.2) is 24.5 Å². The number of hydrogen-bond donors (Lipinski definition) is 1. The molecule has 0 fully saturated rings. The normalized spacial score (nSPS) is 14.6. The first kappa shape index (κ1) is 16.1. The highest BCUT2D eigenvalue weighted by Crippen LogP contribution is 2.10. The highest BCUT2D eigenvalue weighted by atomic mass is 15.1. The fourth-order valence-electron chi connectivity index (χ4n) is 2.37. The summed E-state index contributed by atoms with van der Waals surface area (Å²) in [5.74, 6) is 0.751. The van der Waals surface area contributed by atoms with Crippen LogP contribution in [0.5, 0.6) is 0 Å². The maximum absolute atomic E-state index is 5.78. The van der Waals surface area contributed by atoms with Gasteiger partial charge >= 0.3 is 0 Å². The van der Waals surface area contributed by atoms with Crippen molar-refractivity contribution in [1.29, 1.82) is 0 Å². The van der Waals surface area contributed by atoms with Gasteiger partial charge in [0.2, 0.25) is 0 Å². The van der Waals surface area contributed by atoms with Crippen LogP contribution in [-0.4, -0.2) is 36.1 Å². The summed E-state index contributed by atoms with van der Waals surface area (Å²) in [5, 5.41) is 0. The lowest BCUT2D eigenvalue weighted by Crippen LogP contribution is -2.27. The van der Waals surface area contributed by atoms with Gasteiger partial charge in [-0.25, -0.2) is 0 Å². The van der Waals surface area contributed by atoms with Crippen molar-refractivity contribution in [1.82, 2.24) is 9.88 Å². The first-order valence-electron chi connectivity index (χ1n) is 7.41. The number of nitrogens with two attached hydrogens (primary N) is 1. The van der Waals surface area contributed by atoms with E-state index in [4.69, 9.17) is 5.73 Å². The molecule has 3 nitrogen and oxygen atoms in total. The summed E-state index contributed by atoms with van der Waals surface area (Å²) >= 11 is 0. The van der Waals surface area contributed by atoms with Crippen LogP contribution in [0.25, 0.3) is 0 Å².